The number of nitrogens with one attached hydrogen (secondary N) is 1. The molecule has 86 valence electrons. The number of ether oxygens (including phenoxy) is 1. The van der Waals surface area contributed by atoms with Crippen molar-refractivity contribution in [1.29, 1.82) is 0 Å². The maximum atomic E-state index is 11.7. The second-order valence-corrected chi connectivity index (χ2v) is 3.90. The van der Waals surface area contributed by atoms with E-state index in [0.29, 0.717) is 19.7 Å². The van der Waals surface area contributed by atoms with E-state index in [1.165, 1.54) is 0 Å². The van der Waals surface area contributed by atoms with Gasteiger partial charge in [-0.05, 0) is 18.1 Å². The molecule has 1 aliphatic rings. The molecular weight excluding hydrogens is 204 g/mol. The molecule has 0 saturated heterocycles. The van der Waals surface area contributed by atoms with Gasteiger partial charge in [-0.1, -0.05) is 18.2 Å². The molecule has 4 nitrogen and oxygen atoms in total. The summed E-state index contributed by atoms with van der Waals surface area (Å²) in [7, 11) is 0. The van der Waals surface area contributed by atoms with Crippen LogP contribution in [0.15, 0.2) is 24.3 Å². The van der Waals surface area contributed by atoms with Gasteiger partial charge in [-0.2, -0.15) is 0 Å². The zero-order valence-electron chi connectivity index (χ0n) is 9.11. The van der Waals surface area contributed by atoms with Crippen LogP contribution < -0.4 is 15.8 Å². The zero-order valence-corrected chi connectivity index (χ0v) is 9.11. The SMILES string of the molecule is NCCNC(=O)C1COc2ccccc2C1. The highest BCUT2D eigenvalue weighted by molar-refractivity contribution is 5.79. The highest BCUT2D eigenvalue weighted by Crippen LogP contribution is 2.26. The predicted octanol–water partition coefficient (Wildman–Crippen LogP) is 0.313. The van der Waals surface area contributed by atoms with Crippen molar-refractivity contribution in [2.75, 3.05) is 19.7 Å². The first kappa shape index (κ1) is 11.0. The number of fused-ring (bicyclic) bond motifs is 1. The predicted molar refractivity (Wildman–Crippen MR) is 61.2 cm³/mol. The average Bonchev–Trinajstić information content (AvgIpc) is 2.35. The third kappa shape index (κ3) is 2.33. The summed E-state index contributed by atoms with van der Waals surface area (Å²) < 4.78 is 5.55. The summed E-state index contributed by atoms with van der Waals surface area (Å²) in [5.74, 6) is 0.826. The number of para-hydroxylation sites is 1. The molecule has 16 heavy (non-hydrogen) atoms. The number of rotatable bonds is 3. The largest absolute Gasteiger partial charge is 0.492 e. The van der Waals surface area contributed by atoms with Gasteiger partial charge in [-0.25, -0.2) is 0 Å². The number of carbonyl (C=O) groups is 1. The minimum Gasteiger partial charge on any atom is -0.492 e. The van der Waals surface area contributed by atoms with Gasteiger partial charge in [0.15, 0.2) is 0 Å². The van der Waals surface area contributed by atoms with Crippen molar-refractivity contribution < 1.29 is 9.53 Å². The maximum Gasteiger partial charge on any atom is 0.226 e. The van der Waals surface area contributed by atoms with Crippen LogP contribution in [0.2, 0.25) is 0 Å². The number of nitrogens with two attached hydrogens (primary N) is 1. The van der Waals surface area contributed by atoms with Gasteiger partial charge in [-0.3, -0.25) is 4.79 Å². The lowest BCUT2D eigenvalue weighted by Crippen LogP contribution is -2.39. The normalized spacial score (nSPS) is 18.4. The molecule has 1 heterocycles. The fraction of sp³-hybridized carbons (Fsp3) is 0.417. The van der Waals surface area contributed by atoms with E-state index in [1.807, 2.05) is 24.3 Å². The number of amides is 1. The zero-order chi connectivity index (χ0) is 11.4. The molecule has 4 heteroatoms. The molecule has 0 bridgehead atoms. The van der Waals surface area contributed by atoms with Crippen LogP contribution in [0.5, 0.6) is 5.75 Å². The molecule has 0 spiro atoms. The first-order chi connectivity index (χ1) is 7.81. The molecule has 0 aromatic heterocycles. The Hall–Kier alpha value is -1.55. The number of benzene rings is 1. The van der Waals surface area contributed by atoms with Gasteiger partial charge in [0.05, 0.1) is 5.92 Å². The molecule has 1 aromatic rings. The van der Waals surface area contributed by atoms with Gasteiger partial charge in [0.1, 0.15) is 12.4 Å². The van der Waals surface area contributed by atoms with Crippen LogP contribution in [0.1, 0.15) is 5.56 Å². The molecule has 1 aliphatic heterocycles. The second kappa shape index (κ2) is 4.99. The van der Waals surface area contributed by atoms with Crippen molar-refractivity contribution in [3.63, 3.8) is 0 Å². The van der Waals surface area contributed by atoms with E-state index in [2.05, 4.69) is 5.32 Å². The topological polar surface area (TPSA) is 64.3 Å². The summed E-state index contributed by atoms with van der Waals surface area (Å²) in [4.78, 5) is 11.7. The summed E-state index contributed by atoms with van der Waals surface area (Å²) in [5, 5.41) is 2.79. The van der Waals surface area contributed by atoms with Crippen LogP contribution in [0.4, 0.5) is 0 Å². The number of hydrogen-bond acceptors (Lipinski definition) is 3. The highest BCUT2D eigenvalue weighted by atomic mass is 16.5. The van der Waals surface area contributed by atoms with Crippen LogP contribution in [-0.2, 0) is 11.2 Å². The van der Waals surface area contributed by atoms with E-state index in [-0.39, 0.29) is 11.8 Å². The lowest BCUT2D eigenvalue weighted by Gasteiger charge is -2.24. The molecule has 0 aliphatic carbocycles. The minimum absolute atomic E-state index is 0.0277. The molecule has 0 fully saturated rings. The fourth-order valence-electron chi connectivity index (χ4n) is 1.84. The smallest absolute Gasteiger partial charge is 0.226 e. The third-order valence-corrected chi connectivity index (χ3v) is 2.69. The lowest BCUT2D eigenvalue weighted by atomic mass is 9.96. The summed E-state index contributed by atoms with van der Waals surface area (Å²) in [5.41, 5.74) is 6.44. The third-order valence-electron chi connectivity index (χ3n) is 2.69. The second-order valence-electron chi connectivity index (χ2n) is 3.90. The van der Waals surface area contributed by atoms with Crippen LogP contribution in [0, 0.1) is 5.92 Å². The van der Waals surface area contributed by atoms with Gasteiger partial charge >= 0.3 is 0 Å². The summed E-state index contributed by atoms with van der Waals surface area (Å²) >= 11 is 0. The molecule has 2 rings (SSSR count). The van der Waals surface area contributed by atoms with Crippen LogP contribution in [0.3, 0.4) is 0 Å². The monoisotopic (exact) mass is 220 g/mol. The Morgan fingerprint density at radius 1 is 1.50 bits per heavy atom. The Labute approximate surface area is 94.8 Å². The van der Waals surface area contributed by atoms with Gasteiger partial charge < -0.3 is 15.8 Å². The van der Waals surface area contributed by atoms with Crippen molar-refractivity contribution in [3.8, 4) is 5.75 Å². The van der Waals surface area contributed by atoms with Crippen molar-refractivity contribution in [3.05, 3.63) is 29.8 Å². The van der Waals surface area contributed by atoms with Crippen molar-refractivity contribution >= 4 is 5.91 Å². The Balaban J connectivity index is 1.99. The van der Waals surface area contributed by atoms with E-state index in [1.54, 1.807) is 0 Å². The first-order valence-electron chi connectivity index (χ1n) is 5.49. The Bertz CT molecular complexity index is 379. The van der Waals surface area contributed by atoms with Crippen LogP contribution >= 0.6 is 0 Å². The number of hydrogen-bond donors (Lipinski definition) is 2. The Morgan fingerprint density at radius 3 is 3.12 bits per heavy atom. The fourth-order valence-corrected chi connectivity index (χ4v) is 1.84. The number of carbonyl (C=O) groups excluding carboxylic acids is 1. The quantitative estimate of drug-likeness (QED) is 0.770. The van der Waals surface area contributed by atoms with Crippen molar-refractivity contribution in [2.24, 2.45) is 11.7 Å². The average molecular weight is 220 g/mol. The van der Waals surface area contributed by atoms with Gasteiger partial charge in [0, 0.05) is 13.1 Å². The Morgan fingerprint density at radius 2 is 2.31 bits per heavy atom. The van der Waals surface area contributed by atoms with Crippen LogP contribution in [-0.4, -0.2) is 25.6 Å². The molecule has 0 radical (unpaired) electrons. The minimum atomic E-state index is -0.0959. The van der Waals surface area contributed by atoms with E-state index in [4.69, 9.17) is 10.5 Å². The molecule has 0 saturated carbocycles. The van der Waals surface area contributed by atoms with E-state index in [9.17, 15) is 4.79 Å². The van der Waals surface area contributed by atoms with E-state index in [0.717, 1.165) is 17.7 Å². The van der Waals surface area contributed by atoms with Gasteiger partial charge in [-0.15, -0.1) is 0 Å². The maximum absolute atomic E-state index is 11.7. The van der Waals surface area contributed by atoms with Crippen LogP contribution in [0.25, 0.3) is 0 Å². The lowest BCUT2D eigenvalue weighted by molar-refractivity contribution is -0.126. The Kier molecular flexibility index (Phi) is 3.41. The molecule has 3 N–H and O–H groups in total. The summed E-state index contributed by atoms with van der Waals surface area (Å²) in [6, 6.07) is 7.83. The first-order valence-corrected chi connectivity index (χ1v) is 5.49. The molecular formula is C12H16N2O2. The van der Waals surface area contributed by atoms with E-state index >= 15 is 0 Å². The molecule has 1 unspecified atom stereocenters. The van der Waals surface area contributed by atoms with Gasteiger partial charge in [0.2, 0.25) is 5.91 Å². The molecule has 1 amide bonds. The van der Waals surface area contributed by atoms with E-state index < -0.39 is 0 Å². The summed E-state index contributed by atoms with van der Waals surface area (Å²) in [6.45, 7) is 1.44. The van der Waals surface area contributed by atoms with Gasteiger partial charge in [0.25, 0.3) is 0 Å². The standard InChI is InChI=1S/C12H16N2O2/c13-5-6-14-12(15)10-7-9-3-1-2-4-11(9)16-8-10/h1-4,10H,5-8,13H2,(H,14,15). The summed E-state index contributed by atoms with van der Waals surface area (Å²) in [6.07, 6.45) is 0.743. The molecule has 1 atom stereocenters. The van der Waals surface area contributed by atoms with Crippen molar-refractivity contribution in [1.82, 2.24) is 5.32 Å². The molecule has 1 aromatic carbocycles. The van der Waals surface area contributed by atoms with Crippen molar-refractivity contribution in [2.45, 2.75) is 6.42 Å². The highest BCUT2D eigenvalue weighted by Gasteiger charge is 2.25.